The standard InChI is InChI=1S/C16H18N2O4/c1-10-6-17(8-13(10)16(21)22)14(19)9-18-7-11-4-2-3-5-12(11)15(18)20/h2-5,10,13H,6-9H2,1H3,(H,21,22)/t10-,13-/m1/s1. The summed E-state index contributed by atoms with van der Waals surface area (Å²) in [4.78, 5) is 38.8. The fourth-order valence-corrected chi connectivity index (χ4v) is 3.20. The summed E-state index contributed by atoms with van der Waals surface area (Å²) < 4.78 is 0. The summed E-state index contributed by atoms with van der Waals surface area (Å²) in [5.41, 5.74) is 1.58. The summed E-state index contributed by atoms with van der Waals surface area (Å²) in [5, 5.41) is 9.13. The lowest BCUT2D eigenvalue weighted by molar-refractivity contribution is -0.142. The molecule has 0 spiro atoms. The van der Waals surface area contributed by atoms with Gasteiger partial charge in [-0.2, -0.15) is 0 Å². The van der Waals surface area contributed by atoms with E-state index in [1.165, 1.54) is 4.90 Å². The van der Waals surface area contributed by atoms with Crippen LogP contribution in [0.3, 0.4) is 0 Å². The van der Waals surface area contributed by atoms with Crippen molar-refractivity contribution in [3.63, 3.8) is 0 Å². The molecule has 1 aromatic rings. The number of fused-ring (bicyclic) bond motifs is 1. The van der Waals surface area contributed by atoms with Crippen LogP contribution in [-0.4, -0.2) is 52.3 Å². The first-order valence-corrected chi connectivity index (χ1v) is 7.35. The van der Waals surface area contributed by atoms with Crippen molar-refractivity contribution in [1.29, 1.82) is 0 Å². The molecule has 6 nitrogen and oxygen atoms in total. The summed E-state index contributed by atoms with van der Waals surface area (Å²) in [5.74, 6) is -1.77. The number of hydrogen-bond acceptors (Lipinski definition) is 3. The highest BCUT2D eigenvalue weighted by Gasteiger charge is 2.38. The summed E-state index contributed by atoms with van der Waals surface area (Å²) in [7, 11) is 0. The predicted octanol–water partition coefficient (Wildman–Crippen LogP) is 0.822. The fraction of sp³-hybridized carbons (Fsp3) is 0.438. The van der Waals surface area contributed by atoms with Gasteiger partial charge in [-0.1, -0.05) is 25.1 Å². The van der Waals surface area contributed by atoms with Crippen LogP contribution >= 0.6 is 0 Å². The van der Waals surface area contributed by atoms with Crippen LogP contribution in [0.5, 0.6) is 0 Å². The second kappa shape index (κ2) is 5.44. The first-order valence-electron chi connectivity index (χ1n) is 7.35. The quantitative estimate of drug-likeness (QED) is 0.897. The number of rotatable bonds is 3. The van der Waals surface area contributed by atoms with Crippen LogP contribution in [0.4, 0.5) is 0 Å². The van der Waals surface area contributed by atoms with Crippen molar-refractivity contribution >= 4 is 17.8 Å². The lowest BCUT2D eigenvalue weighted by Gasteiger charge is -2.21. The molecule has 0 aliphatic carbocycles. The minimum Gasteiger partial charge on any atom is -0.481 e. The lowest BCUT2D eigenvalue weighted by atomic mass is 9.99. The Kier molecular flexibility index (Phi) is 3.60. The van der Waals surface area contributed by atoms with Gasteiger partial charge in [0.05, 0.1) is 5.92 Å². The van der Waals surface area contributed by atoms with Gasteiger partial charge in [-0.3, -0.25) is 14.4 Å². The van der Waals surface area contributed by atoms with Crippen molar-refractivity contribution in [2.75, 3.05) is 19.6 Å². The highest BCUT2D eigenvalue weighted by Crippen LogP contribution is 2.25. The molecule has 0 saturated carbocycles. The van der Waals surface area contributed by atoms with Crippen LogP contribution in [0, 0.1) is 11.8 Å². The van der Waals surface area contributed by atoms with E-state index in [2.05, 4.69) is 0 Å². The van der Waals surface area contributed by atoms with Crippen molar-refractivity contribution in [2.45, 2.75) is 13.5 Å². The van der Waals surface area contributed by atoms with E-state index >= 15 is 0 Å². The first kappa shape index (κ1) is 14.6. The molecule has 6 heteroatoms. The van der Waals surface area contributed by atoms with Crippen molar-refractivity contribution in [3.05, 3.63) is 35.4 Å². The molecule has 0 aromatic heterocycles. The summed E-state index contributed by atoms with van der Waals surface area (Å²) in [6, 6.07) is 7.33. The largest absolute Gasteiger partial charge is 0.481 e. The van der Waals surface area contributed by atoms with Gasteiger partial charge in [0.1, 0.15) is 6.54 Å². The third kappa shape index (κ3) is 2.45. The Hall–Kier alpha value is -2.37. The van der Waals surface area contributed by atoms with Crippen molar-refractivity contribution in [3.8, 4) is 0 Å². The van der Waals surface area contributed by atoms with Crippen LogP contribution in [-0.2, 0) is 16.1 Å². The third-order valence-corrected chi connectivity index (χ3v) is 4.50. The van der Waals surface area contributed by atoms with E-state index in [0.717, 1.165) is 5.56 Å². The first-order chi connectivity index (χ1) is 10.5. The second-order valence-corrected chi connectivity index (χ2v) is 6.04. The topological polar surface area (TPSA) is 77.9 Å². The van der Waals surface area contributed by atoms with Crippen LogP contribution in [0.25, 0.3) is 0 Å². The molecule has 1 saturated heterocycles. The number of carbonyl (C=O) groups is 3. The maximum Gasteiger partial charge on any atom is 0.308 e. The maximum absolute atomic E-state index is 12.4. The SMILES string of the molecule is C[C@@H]1CN(C(=O)CN2Cc3ccccc3C2=O)C[C@H]1C(=O)O. The van der Waals surface area contributed by atoms with Crippen LogP contribution in [0.1, 0.15) is 22.8 Å². The molecule has 2 aliphatic heterocycles. The van der Waals surface area contributed by atoms with E-state index in [1.54, 1.807) is 11.0 Å². The van der Waals surface area contributed by atoms with Gasteiger partial charge in [0.2, 0.25) is 5.91 Å². The summed E-state index contributed by atoms with van der Waals surface area (Å²) in [6.07, 6.45) is 0. The van der Waals surface area contributed by atoms with Gasteiger partial charge in [0.15, 0.2) is 0 Å². The normalized spacial score (nSPS) is 23.8. The molecule has 3 rings (SSSR count). The number of carboxylic acid groups (broad SMARTS) is 1. The minimum atomic E-state index is -0.868. The van der Waals surface area contributed by atoms with Crippen molar-refractivity contribution in [1.82, 2.24) is 9.80 Å². The van der Waals surface area contributed by atoms with Crippen LogP contribution < -0.4 is 0 Å². The Bertz CT molecular complexity index is 643. The predicted molar refractivity (Wildman–Crippen MR) is 78.1 cm³/mol. The van der Waals surface area contributed by atoms with Gasteiger partial charge in [-0.05, 0) is 17.5 Å². The number of likely N-dealkylation sites (tertiary alicyclic amines) is 1. The number of aliphatic carboxylic acids is 1. The molecular formula is C16H18N2O4. The Morgan fingerprint density at radius 2 is 2.00 bits per heavy atom. The molecular weight excluding hydrogens is 284 g/mol. The van der Waals surface area contributed by atoms with E-state index < -0.39 is 11.9 Å². The molecule has 116 valence electrons. The lowest BCUT2D eigenvalue weighted by Crippen LogP contribution is -2.39. The Morgan fingerprint density at radius 1 is 1.27 bits per heavy atom. The zero-order chi connectivity index (χ0) is 15.9. The van der Waals surface area contributed by atoms with Gasteiger partial charge in [0, 0.05) is 25.2 Å². The van der Waals surface area contributed by atoms with Gasteiger partial charge < -0.3 is 14.9 Å². The summed E-state index contributed by atoms with van der Waals surface area (Å²) >= 11 is 0. The molecule has 22 heavy (non-hydrogen) atoms. The van der Waals surface area contributed by atoms with Gasteiger partial charge in [0.25, 0.3) is 5.91 Å². The molecule has 0 unspecified atom stereocenters. The molecule has 0 bridgehead atoms. The van der Waals surface area contributed by atoms with E-state index in [1.807, 2.05) is 25.1 Å². The second-order valence-electron chi connectivity index (χ2n) is 6.04. The number of carbonyl (C=O) groups excluding carboxylic acids is 2. The average molecular weight is 302 g/mol. The van der Waals surface area contributed by atoms with E-state index in [9.17, 15) is 14.4 Å². The van der Waals surface area contributed by atoms with E-state index in [0.29, 0.717) is 18.7 Å². The Labute approximate surface area is 128 Å². The highest BCUT2D eigenvalue weighted by atomic mass is 16.4. The van der Waals surface area contributed by atoms with Crippen LogP contribution in [0.15, 0.2) is 24.3 Å². The number of carboxylic acids is 1. The molecule has 2 atom stereocenters. The molecule has 2 heterocycles. The monoisotopic (exact) mass is 302 g/mol. The number of amides is 2. The maximum atomic E-state index is 12.4. The van der Waals surface area contributed by atoms with E-state index in [-0.39, 0.29) is 30.8 Å². The van der Waals surface area contributed by atoms with Crippen molar-refractivity contribution in [2.24, 2.45) is 11.8 Å². The van der Waals surface area contributed by atoms with Gasteiger partial charge in [-0.25, -0.2) is 0 Å². The van der Waals surface area contributed by atoms with Crippen molar-refractivity contribution < 1.29 is 19.5 Å². The molecule has 1 aromatic carbocycles. The number of nitrogens with zero attached hydrogens (tertiary/aromatic N) is 2. The zero-order valence-corrected chi connectivity index (χ0v) is 12.4. The fourth-order valence-electron chi connectivity index (χ4n) is 3.20. The van der Waals surface area contributed by atoms with Gasteiger partial charge >= 0.3 is 5.97 Å². The molecule has 2 amide bonds. The van der Waals surface area contributed by atoms with Gasteiger partial charge in [-0.15, -0.1) is 0 Å². The molecule has 0 radical (unpaired) electrons. The minimum absolute atomic E-state index is 0.00652. The third-order valence-electron chi connectivity index (χ3n) is 4.50. The molecule has 2 aliphatic rings. The highest BCUT2D eigenvalue weighted by molar-refractivity contribution is 6.00. The number of benzene rings is 1. The average Bonchev–Trinajstić information content (AvgIpc) is 3.01. The molecule has 1 fully saturated rings. The zero-order valence-electron chi connectivity index (χ0n) is 12.4. The smallest absolute Gasteiger partial charge is 0.308 e. The van der Waals surface area contributed by atoms with Crippen LogP contribution in [0.2, 0.25) is 0 Å². The molecule has 1 N–H and O–H groups in total. The Morgan fingerprint density at radius 3 is 2.64 bits per heavy atom. The Balaban J connectivity index is 1.65. The van der Waals surface area contributed by atoms with E-state index in [4.69, 9.17) is 5.11 Å². The summed E-state index contributed by atoms with van der Waals surface area (Å²) in [6.45, 7) is 2.94. The number of hydrogen-bond donors (Lipinski definition) is 1.